The van der Waals surface area contributed by atoms with Crippen molar-refractivity contribution in [2.45, 2.75) is 13.8 Å². The lowest BCUT2D eigenvalue weighted by atomic mass is 10.2. The monoisotopic (exact) mass is 276 g/mol. The summed E-state index contributed by atoms with van der Waals surface area (Å²) >= 11 is 0. The molecule has 0 fully saturated rings. The van der Waals surface area contributed by atoms with Crippen LogP contribution in [0.25, 0.3) is 0 Å². The fourth-order valence-electron chi connectivity index (χ4n) is 1.75. The third kappa shape index (κ3) is 4.47. The van der Waals surface area contributed by atoms with E-state index < -0.39 is 0 Å². The topological polar surface area (TPSA) is 62.6 Å². The Morgan fingerprint density at radius 1 is 1.40 bits per heavy atom. The van der Waals surface area contributed by atoms with E-state index in [0.29, 0.717) is 24.6 Å². The van der Waals surface area contributed by atoms with Crippen molar-refractivity contribution < 1.29 is 14.3 Å². The van der Waals surface area contributed by atoms with Crippen LogP contribution in [-0.4, -0.2) is 37.6 Å². The number of carbonyl (C=O) groups is 1. The molecule has 0 saturated heterocycles. The molecule has 0 spiro atoms. The molecule has 0 aromatic heterocycles. The summed E-state index contributed by atoms with van der Waals surface area (Å²) in [6, 6.07) is 9.30. The number of benzene rings is 1. The van der Waals surface area contributed by atoms with Crippen LogP contribution >= 0.6 is 0 Å². The van der Waals surface area contributed by atoms with Crippen molar-refractivity contribution in [2.24, 2.45) is 5.92 Å². The Kier molecular flexibility index (Phi) is 6.38. The van der Waals surface area contributed by atoms with E-state index in [2.05, 4.69) is 6.07 Å². The van der Waals surface area contributed by atoms with Crippen molar-refractivity contribution in [1.29, 1.82) is 5.26 Å². The lowest BCUT2D eigenvalue weighted by Crippen LogP contribution is -2.37. The Morgan fingerprint density at radius 3 is 2.60 bits per heavy atom. The number of rotatable bonds is 7. The third-order valence-corrected chi connectivity index (χ3v) is 2.87. The standard InChI is InChI=1S/C15H20N2O3/c1-4-17(10-12(2)9-16)15(18)11-20-14-8-6-5-7-13(14)19-3/h5-8,12H,4,10-11H2,1-3H3/t12-/m0/s1. The average Bonchev–Trinajstić information content (AvgIpc) is 2.50. The maximum Gasteiger partial charge on any atom is 0.260 e. The van der Waals surface area contributed by atoms with E-state index in [4.69, 9.17) is 14.7 Å². The summed E-state index contributed by atoms with van der Waals surface area (Å²) in [6.45, 7) is 4.58. The first-order chi connectivity index (χ1) is 9.62. The summed E-state index contributed by atoms with van der Waals surface area (Å²) in [6.07, 6.45) is 0. The van der Waals surface area contributed by atoms with Gasteiger partial charge in [-0.3, -0.25) is 4.79 Å². The van der Waals surface area contributed by atoms with Gasteiger partial charge in [0.15, 0.2) is 18.1 Å². The minimum atomic E-state index is -0.190. The van der Waals surface area contributed by atoms with Gasteiger partial charge in [-0.15, -0.1) is 0 Å². The molecule has 1 aromatic rings. The molecule has 0 heterocycles. The molecule has 1 rings (SSSR count). The summed E-state index contributed by atoms with van der Waals surface area (Å²) in [4.78, 5) is 13.7. The van der Waals surface area contributed by atoms with Crippen LogP contribution in [0.5, 0.6) is 11.5 Å². The molecule has 1 aromatic carbocycles. The zero-order valence-corrected chi connectivity index (χ0v) is 12.1. The van der Waals surface area contributed by atoms with Gasteiger partial charge >= 0.3 is 0 Å². The highest BCUT2D eigenvalue weighted by Gasteiger charge is 2.16. The predicted octanol–water partition coefficient (Wildman–Crippen LogP) is 2.08. The summed E-state index contributed by atoms with van der Waals surface area (Å²) in [7, 11) is 1.55. The van der Waals surface area contributed by atoms with Gasteiger partial charge in [0, 0.05) is 13.1 Å². The molecule has 0 aliphatic heterocycles. The summed E-state index contributed by atoms with van der Waals surface area (Å²) < 4.78 is 10.6. The number of carbonyl (C=O) groups excluding carboxylic acids is 1. The molecular weight excluding hydrogens is 256 g/mol. The maximum absolute atomic E-state index is 12.0. The number of nitriles is 1. The van der Waals surface area contributed by atoms with E-state index in [1.54, 1.807) is 31.1 Å². The van der Waals surface area contributed by atoms with E-state index in [1.807, 2.05) is 19.1 Å². The lowest BCUT2D eigenvalue weighted by molar-refractivity contribution is -0.133. The number of hydrogen-bond donors (Lipinski definition) is 0. The Balaban J connectivity index is 2.59. The van der Waals surface area contributed by atoms with Crippen molar-refractivity contribution in [3.05, 3.63) is 24.3 Å². The van der Waals surface area contributed by atoms with E-state index in [-0.39, 0.29) is 18.4 Å². The molecule has 0 unspecified atom stereocenters. The number of methoxy groups -OCH3 is 1. The third-order valence-electron chi connectivity index (χ3n) is 2.87. The van der Waals surface area contributed by atoms with Crippen LogP contribution < -0.4 is 9.47 Å². The number of likely N-dealkylation sites (N-methyl/N-ethyl adjacent to an activating group) is 1. The smallest absolute Gasteiger partial charge is 0.260 e. The molecular formula is C15H20N2O3. The van der Waals surface area contributed by atoms with Gasteiger partial charge in [-0.1, -0.05) is 12.1 Å². The van der Waals surface area contributed by atoms with E-state index in [9.17, 15) is 4.79 Å². The Bertz CT molecular complexity index is 482. The molecule has 0 aliphatic carbocycles. The highest BCUT2D eigenvalue weighted by Crippen LogP contribution is 2.25. The molecule has 1 atom stereocenters. The molecule has 0 saturated carbocycles. The SMILES string of the molecule is CCN(C[C@@H](C)C#N)C(=O)COc1ccccc1OC. The van der Waals surface area contributed by atoms with Crippen molar-refractivity contribution in [3.63, 3.8) is 0 Å². The zero-order valence-electron chi connectivity index (χ0n) is 12.1. The second kappa shape index (κ2) is 8.05. The van der Waals surface area contributed by atoms with E-state index >= 15 is 0 Å². The summed E-state index contributed by atoms with van der Waals surface area (Å²) in [5, 5.41) is 8.80. The van der Waals surface area contributed by atoms with Crippen molar-refractivity contribution in [2.75, 3.05) is 26.8 Å². The Hall–Kier alpha value is -2.22. The molecule has 0 N–H and O–H groups in total. The Labute approximate surface area is 119 Å². The fraction of sp³-hybridized carbons (Fsp3) is 0.467. The molecule has 1 amide bonds. The van der Waals surface area contributed by atoms with Gasteiger partial charge in [-0.25, -0.2) is 0 Å². The second-order valence-electron chi connectivity index (χ2n) is 4.40. The highest BCUT2D eigenvalue weighted by molar-refractivity contribution is 5.77. The summed E-state index contributed by atoms with van der Waals surface area (Å²) in [5.74, 6) is 0.798. The number of nitrogens with zero attached hydrogens (tertiary/aromatic N) is 2. The first kappa shape index (κ1) is 15.8. The second-order valence-corrected chi connectivity index (χ2v) is 4.40. The normalized spacial score (nSPS) is 11.3. The molecule has 0 radical (unpaired) electrons. The van der Waals surface area contributed by atoms with Gasteiger partial charge in [-0.05, 0) is 26.0 Å². The van der Waals surface area contributed by atoms with Gasteiger partial charge in [-0.2, -0.15) is 5.26 Å². The van der Waals surface area contributed by atoms with Gasteiger partial charge in [0.1, 0.15) is 0 Å². The van der Waals surface area contributed by atoms with Crippen LogP contribution in [0, 0.1) is 17.2 Å². The average molecular weight is 276 g/mol. The van der Waals surface area contributed by atoms with Crippen LogP contribution in [0.15, 0.2) is 24.3 Å². The van der Waals surface area contributed by atoms with Crippen molar-refractivity contribution in [1.82, 2.24) is 4.90 Å². The van der Waals surface area contributed by atoms with Crippen molar-refractivity contribution in [3.8, 4) is 17.6 Å². The molecule has 108 valence electrons. The van der Waals surface area contributed by atoms with Gasteiger partial charge in [0.05, 0.1) is 19.1 Å². The highest BCUT2D eigenvalue weighted by atomic mass is 16.5. The minimum Gasteiger partial charge on any atom is -0.493 e. The molecule has 20 heavy (non-hydrogen) atoms. The number of amides is 1. The molecule has 0 aliphatic rings. The van der Waals surface area contributed by atoms with Gasteiger partial charge in [0.25, 0.3) is 5.91 Å². The Morgan fingerprint density at radius 2 is 2.05 bits per heavy atom. The zero-order chi connectivity index (χ0) is 15.0. The van der Waals surface area contributed by atoms with Crippen LogP contribution in [0.4, 0.5) is 0 Å². The number of para-hydroxylation sites is 2. The first-order valence-electron chi connectivity index (χ1n) is 6.55. The van der Waals surface area contributed by atoms with E-state index in [0.717, 1.165) is 0 Å². The molecule has 0 bridgehead atoms. The van der Waals surface area contributed by atoms with Crippen LogP contribution in [0.2, 0.25) is 0 Å². The maximum atomic E-state index is 12.0. The molecule has 5 heteroatoms. The van der Waals surface area contributed by atoms with Gasteiger partial charge < -0.3 is 14.4 Å². The van der Waals surface area contributed by atoms with Crippen LogP contribution in [0.1, 0.15) is 13.8 Å². The van der Waals surface area contributed by atoms with Crippen LogP contribution in [-0.2, 0) is 4.79 Å². The molecule has 5 nitrogen and oxygen atoms in total. The quantitative estimate of drug-likeness (QED) is 0.765. The lowest BCUT2D eigenvalue weighted by Gasteiger charge is -2.22. The van der Waals surface area contributed by atoms with Crippen LogP contribution in [0.3, 0.4) is 0 Å². The van der Waals surface area contributed by atoms with Gasteiger partial charge in [0.2, 0.25) is 0 Å². The largest absolute Gasteiger partial charge is 0.493 e. The first-order valence-corrected chi connectivity index (χ1v) is 6.55. The summed E-state index contributed by atoms with van der Waals surface area (Å²) in [5.41, 5.74) is 0. The van der Waals surface area contributed by atoms with Crippen molar-refractivity contribution >= 4 is 5.91 Å². The van der Waals surface area contributed by atoms with E-state index in [1.165, 1.54) is 0 Å². The number of ether oxygens (including phenoxy) is 2. The predicted molar refractivity (Wildman–Crippen MR) is 75.5 cm³/mol. The number of hydrogen-bond acceptors (Lipinski definition) is 4. The minimum absolute atomic E-state index is 0.0631. The fourth-order valence-corrected chi connectivity index (χ4v) is 1.75.